The monoisotopic (exact) mass is 428 g/mol. The van der Waals surface area contributed by atoms with Crippen molar-refractivity contribution in [2.75, 3.05) is 6.61 Å². The van der Waals surface area contributed by atoms with Crippen molar-refractivity contribution in [3.63, 3.8) is 0 Å². The Balaban J connectivity index is 1.73. The molecule has 1 aliphatic rings. The Morgan fingerprint density at radius 3 is 2.93 bits per heavy atom. The van der Waals surface area contributed by atoms with Crippen LogP contribution in [0.4, 0.5) is 0 Å². The van der Waals surface area contributed by atoms with E-state index in [1.165, 1.54) is 0 Å². The largest absolute Gasteiger partial charge is 0.493 e. The van der Waals surface area contributed by atoms with Crippen LogP contribution >= 0.6 is 15.9 Å². The van der Waals surface area contributed by atoms with E-state index in [0.717, 1.165) is 39.2 Å². The number of nitrogens with one attached hydrogen (secondary N) is 1. The molecule has 1 aliphatic heterocycles. The Morgan fingerprint density at radius 2 is 2.15 bits per heavy atom. The van der Waals surface area contributed by atoms with Crippen LogP contribution in [0.5, 0.6) is 5.75 Å². The summed E-state index contributed by atoms with van der Waals surface area (Å²) < 4.78 is 8.32. The zero-order valence-corrected chi connectivity index (χ0v) is 17.1. The Hall–Kier alpha value is -2.41. The molecule has 6 nitrogen and oxygen atoms in total. The predicted molar refractivity (Wildman–Crippen MR) is 106 cm³/mol. The van der Waals surface area contributed by atoms with E-state index in [0.29, 0.717) is 12.2 Å². The Labute approximate surface area is 166 Å². The van der Waals surface area contributed by atoms with Crippen LogP contribution < -0.4 is 10.1 Å². The van der Waals surface area contributed by atoms with Crippen LogP contribution in [0, 0.1) is 6.92 Å². The summed E-state index contributed by atoms with van der Waals surface area (Å²) in [7, 11) is 0. The summed E-state index contributed by atoms with van der Waals surface area (Å²) in [6, 6.07) is 7.76. The minimum atomic E-state index is -0.140. The molecule has 1 atom stereocenters. The molecular weight excluding hydrogens is 408 g/mol. The molecule has 1 amide bonds. The van der Waals surface area contributed by atoms with Gasteiger partial charge in [-0.15, -0.1) is 0 Å². The molecule has 7 heteroatoms. The molecule has 3 aromatic rings. The second-order valence-electron chi connectivity index (χ2n) is 7.05. The number of nitrogens with zero attached hydrogens (tertiary/aromatic N) is 3. The van der Waals surface area contributed by atoms with Crippen molar-refractivity contribution in [1.29, 1.82) is 0 Å². The number of aromatic nitrogens is 3. The van der Waals surface area contributed by atoms with E-state index >= 15 is 0 Å². The van der Waals surface area contributed by atoms with Gasteiger partial charge in [0, 0.05) is 18.2 Å². The van der Waals surface area contributed by atoms with E-state index in [4.69, 9.17) is 4.74 Å². The molecule has 0 fully saturated rings. The van der Waals surface area contributed by atoms with Gasteiger partial charge in [0.05, 0.1) is 34.1 Å². The fourth-order valence-corrected chi connectivity index (χ4v) is 3.89. The number of ether oxygens (including phenoxy) is 1. The van der Waals surface area contributed by atoms with Gasteiger partial charge in [-0.05, 0) is 34.8 Å². The van der Waals surface area contributed by atoms with Crippen molar-refractivity contribution in [2.24, 2.45) is 0 Å². The van der Waals surface area contributed by atoms with Gasteiger partial charge in [-0.2, -0.15) is 5.10 Å². The lowest BCUT2D eigenvalue weighted by Crippen LogP contribution is -2.33. The van der Waals surface area contributed by atoms with Gasteiger partial charge in [-0.1, -0.05) is 32.0 Å². The Kier molecular flexibility index (Phi) is 4.63. The lowest BCUT2D eigenvalue weighted by molar-refractivity contribution is 0.0922. The third-order valence-corrected chi connectivity index (χ3v) is 5.77. The lowest BCUT2D eigenvalue weighted by Gasteiger charge is -2.27. The highest BCUT2D eigenvalue weighted by molar-refractivity contribution is 9.10. The van der Waals surface area contributed by atoms with Gasteiger partial charge in [-0.25, -0.2) is 9.50 Å². The summed E-state index contributed by atoms with van der Waals surface area (Å²) in [5, 5.41) is 7.73. The highest BCUT2D eigenvalue weighted by Crippen LogP contribution is 2.32. The zero-order chi connectivity index (χ0) is 19.1. The highest BCUT2D eigenvalue weighted by Gasteiger charge is 2.26. The molecule has 1 N–H and O–H groups in total. The first-order valence-corrected chi connectivity index (χ1v) is 9.83. The number of carbonyl (C=O) groups excluding carboxylic acids is 1. The molecule has 3 heterocycles. The molecule has 140 valence electrons. The number of amides is 1. The van der Waals surface area contributed by atoms with E-state index in [-0.39, 0.29) is 17.9 Å². The summed E-state index contributed by atoms with van der Waals surface area (Å²) in [4.78, 5) is 17.6. The molecule has 0 saturated heterocycles. The van der Waals surface area contributed by atoms with Crippen LogP contribution in [0.2, 0.25) is 0 Å². The minimum Gasteiger partial charge on any atom is -0.493 e. The number of halogens is 1. The first-order chi connectivity index (χ1) is 13.0. The van der Waals surface area contributed by atoms with Crippen molar-refractivity contribution < 1.29 is 9.53 Å². The maximum absolute atomic E-state index is 13.1. The number of rotatable bonds is 3. The summed E-state index contributed by atoms with van der Waals surface area (Å²) >= 11 is 3.53. The van der Waals surface area contributed by atoms with E-state index in [1.54, 1.807) is 10.7 Å². The second kappa shape index (κ2) is 6.96. The molecule has 0 saturated carbocycles. The fraction of sp³-hybridized carbons (Fsp3) is 0.350. The maximum atomic E-state index is 13.1. The average Bonchev–Trinajstić information content (AvgIpc) is 2.95. The van der Waals surface area contributed by atoms with Crippen molar-refractivity contribution >= 4 is 27.5 Å². The number of para-hydroxylation sites is 1. The maximum Gasteiger partial charge on any atom is 0.255 e. The smallest absolute Gasteiger partial charge is 0.255 e. The molecule has 1 aromatic carbocycles. The summed E-state index contributed by atoms with van der Waals surface area (Å²) in [5.74, 6) is 0.807. The van der Waals surface area contributed by atoms with Gasteiger partial charge in [0.25, 0.3) is 5.91 Å². The number of fused-ring (bicyclic) bond motifs is 2. The number of benzene rings is 1. The number of aryl methyl sites for hydroxylation is 1. The highest BCUT2D eigenvalue weighted by atomic mass is 79.9. The molecule has 1 unspecified atom stereocenters. The van der Waals surface area contributed by atoms with Gasteiger partial charge in [-0.3, -0.25) is 4.79 Å². The lowest BCUT2D eigenvalue weighted by atomic mass is 9.99. The Bertz CT molecular complexity index is 1030. The third-order valence-electron chi connectivity index (χ3n) is 4.84. The quantitative estimate of drug-likeness (QED) is 0.679. The third kappa shape index (κ3) is 3.10. The number of carbonyl (C=O) groups is 1. The standard InChI is InChI=1S/C20H21BrN4O2/c1-11(2)18-14(10-22-19-17(21)12(3)24-25(18)19)20(26)23-15-8-9-27-16-7-5-4-6-13(15)16/h4-7,10-11,15H,8-9H2,1-3H3,(H,23,26). The van der Waals surface area contributed by atoms with Crippen molar-refractivity contribution in [1.82, 2.24) is 19.9 Å². The van der Waals surface area contributed by atoms with E-state index < -0.39 is 0 Å². The molecule has 0 bridgehead atoms. The summed E-state index contributed by atoms with van der Waals surface area (Å²) in [6.45, 7) is 6.61. The van der Waals surface area contributed by atoms with E-state index in [2.05, 4.69) is 45.2 Å². The number of hydrogen-bond donors (Lipinski definition) is 1. The van der Waals surface area contributed by atoms with Gasteiger partial charge in [0.2, 0.25) is 0 Å². The van der Waals surface area contributed by atoms with Crippen LogP contribution in [0.1, 0.15) is 59.5 Å². The van der Waals surface area contributed by atoms with Gasteiger partial charge >= 0.3 is 0 Å². The van der Waals surface area contributed by atoms with Crippen LogP contribution in [0.3, 0.4) is 0 Å². The first kappa shape index (κ1) is 18.0. The van der Waals surface area contributed by atoms with Crippen molar-refractivity contribution in [3.8, 4) is 5.75 Å². The van der Waals surface area contributed by atoms with Crippen LogP contribution in [0.15, 0.2) is 34.9 Å². The molecule has 0 aliphatic carbocycles. The van der Waals surface area contributed by atoms with Crippen molar-refractivity contribution in [3.05, 3.63) is 57.4 Å². The van der Waals surface area contributed by atoms with E-state index in [9.17, 15) is 4.79 Å². The van der Waals surface area contributed by atoms with Crippen LogP contribution in [-0.4, -0.2) is 27.1 Å². The zero-order valence-electron chi connectivity index (χ0n) is 15.5. The predicted octanol–water partition coefficient (Wildman–Crippen LogP) is 4.18. The average molecular weight is 429 g/mol. The molecule has 2 aromatic heterocycles. The van der Waals surface area contributed by atoms with Crippen LogP contribution in [-0.2, 0) is 0 Å². The minimum absolute atomic E-state index is 0.0794. The van der Waals surface area contributed by atoms with Gasteiger partial charge < -0.3 is 10.1 Å². The SMILES string of the molecule is Cc1nn2c(C(C)C)c(C(=O)NC3CCOc4ccccc43)cnc2c1Br. The first-order valence-electron chi connectivity index (χ1n) is 9.03. The molecule has 4 rings (SSSR count). The van der Waals surface area contributed by atoms with Gasteiger partial charge in [0.1, 0.15) is 5.75 Å². The normalized spacial score (nSPS) is 16.3. The summed E-state index contributed by atoms with van der Waals surface area (Å²) in [6.07, 6.45) is 2.39. The van der Waals surface area contributed by atoms with Crippen LogP contribution in [0.25, 0.3) is 5.65 Å². The fourth-order valence-electron chi connectivity index (χ4n) is 3.54. The Morgan fingerprint density at radius 1 is 1.37 bits per heavy atom. The summed E-state index contributed by atoms with van der Waals surface area (Å²) in [5.41, 5.74) is 3.99. The molecule has 27 heavy (non-hydrogen) atoms. The van der Waals surface area contributed by atoms with Crippen molar-refractivity contribution in [2.45, 2.75) is 39.2 Å². The molecule has 0 spiro atoms. The number of hydrogen-bond acceptors (Lipinski definition) is 4. The molecular formula is C20H21BrN4O2. The second-order valence-corrected chi connectivity index (χ2v) is 7.84. The van der Waals surface area contributed by atoms with Gasteiger partial charge in [0.15, 0.2) is 5.65 Å². The molecule has 0 radical (unpaired) electrons. The topological polar surface area (TPSA) is 68.5 Å². The van der Waals surface area contributed by atoms with E-state index in [1.807, 2.05) is 31.2 Å².